The Bertz CT molecular complexity index is 678. The van der Waals surface area contributed by atoms with E-state index in [-0.39, 0.29) is 20.4 Å². The van der Waals surface area contributed by atoms with Crippen LogP contribution in [0.2, 0.25) is 0 Å². The molecular weight excluding hydrogens is 423 g/mol. The zero-order chi connectivity index (χ0) is 18.5. The third-order valence-corrected chi connectivity index (χ3v) is 4.41. The van der Waals surface area contributed by atoms with E-state index in [1.54, 1.807) is 0 Å². The van der Waals surface area contributed by atoms with Crippen molar-refractivity contribution in [2.75, 3.05) is 0 Å². The van der Waals surface area contributed by atoms with Gasteiger partial charge in [0.2, 0.25) is 0 Å². The van der Waals surface area contributed by atoms with Crippen LogP contribution >= 0.6 is 0 Å². The second-order valence-electron chi connectivity index (χ2n) is 6.70. The molecule has 0 spiro atoms. The molecule has 0 unspecified atom stereocenters. The monoisotopic (exact) mass is 454 g/mol. The molecule has 0 amide bonds. The Morgan fingerprint density at radius 3 is 1.48 bits per heavy atom. The maximum atomic E-state index is 4.99. The number of para-hydroxylation sites is 2. The Hall–Kier alpha value is -1.56. The summed E-state index contributed by atoms with van der Waals surface area (Å²) in [7, 11) is 0. The first-order chi connectivity index (χ1) is 12.8. The van der Waals surface area contributed by atoms with Crippen molar-refractivity contribution >= 4 is 22.8 Å². The fourth-order valence-electron chi connectivity index (χ4n) is 2.91. The zero-order valence-electron chi connectivity index (χ0n) is 16.6. The van der Waals surface area contributed by atoms with Crippen LogP contribution in [-0.4, -0.2) is 11.4 Å². The maximum Gasteiger partial charge on any atom is 0.0633 e. The Kier molecular flexibility index (Phi) is 12.6. The Balaban J connectivity index is 0.00000364. The number of unbranched alkanes of at least 4 members (excludes halogenated alkanes) is 4. The fraction of sp³-hybridized carbons (Fsp3) is 0.417. The summed E-state index contributed by atoms with van der Waals surface area (Å²) in [6, 6.07) is 20.6. The van der Waals surface area contributed by atoms with Gasteiger partial charge in [0.15, 0.2) is 0 Å². The second kappa shape index (κ2) is 14.5. The van der Waals surface area contributed by atoms with Crippen LogP contribution in [0.3, 0.4) is 0 Å². The van der Waals surface area contributed by atoms with Gasteiger partial charge in [0.1, 0.15) is 0 Å². The minimum absolute atomic E-state index is 0. The maximum absolute atomic E-state index is 4.99. The van der Waals surface area contributed by atoms with Crippen LogP contribution in [-0.2, 0) is 20.4 Å². The molecule has 3 heteroatoms. The average Bonchev–Trinajstić information content (AvgIpc) is 2.69. The van der Waals surface area contributed by atoms with Crippen molar-refractivity contribution in [3.63, 3.8) is 0 Å². The number of nitrogens with zero attached hydrogens (tertiary/aromatic N) is 2. The quantitative estimate of drug-likeness (QED) is 0.189. The zero-order valence-corrected chi connectivity index (χ0v) is 18.2. The Morgan fingerprint density at radius 2 is 1.04 bits per heavy atom. The minimum atomic E-state index is 0. The van der Waals surface area contributed by atoms with E-state index in [0.29, 0.717) is 0 Å². The molecule has 148 valence electrons. The fourth-order valence-corrected chi connectivity index (χ4v) is 2.91. The molecule has 2 aromatic rings. The van der Waals surface area contributed by atoms with E-state index in [2.05, 4.69) is 38.1 Å². The van der Waals surface area contributed by atoms with Gasteiger partial charge in [-0.15, -0.1) is 0 Å². The van der Waals surface area contributed by atoms with Gasteiger partial charge >= 0.3 is 0 Å². The molecule has 0 aliphatic rings. The first-order valence-corrected chi connectivity index (χ1v) is 10.1. The van der Waals surface area contributed by atoms with Gasteiger partial charge in [-0.05, 0) is 49.9 Å². The molecule has 0 aliphatic carbocycles. The van der Waals surface area contributed by atoms with Gasteiger partial charge in [0.05, 0.1) is 22.8 Å². The molecule has 0 N–H and O–H groups in total. The first-order valence-electron chi connectivity index (χ1n) is 10.1. The van der Waals surface area contributed by atoms with E-state index in [1.165, 1.54) is 32.1 Å². The van der Waals surface area contributed by atoms with E-state index in [4.69, 9.17) is 9.98 Å². The van der Waals surface area contributed by atoms with Crippen LogP contribution in [0.15, 0.2) is 70.6 Å². The predicted octanol–water partition coefficient (Wildman–Crippen LogP) is 7.69. The molecule has 0 saturated heterocycles. The summed E-state index contributed by atoms with van der Waals surface area (Å²) in [5.74, 6) is 0. The van der Waals surface area contributed by atoms with Crippen LogP contribution in [0.25, 0.3) is 0 Å². The SMILES string of the molecule is CCCCCCC(=N\c1ccccc1)/C(CCCC)=N/c1ccccc1.[Pd]. The molecule has 27 heavy (non-hydrogen) atoms. The molecule has 0 aromatic heterocycles. The third-order valence-electron chi connectivity index (χ3n) is 4.41. The molecule has 0 atom stereocenters. The molecule has 2 nitrogen and oxygen atoms in total. The number of aliphatic imine (C=N–C) groups is 2. The summed E-state index contributed by atoms with van der Waals surface area (Å²) < 4.78 is 0. The smallest absolute Gasteiger partial charge is 0.0633 e. The third kappa shape index (κ3) is 9.27. The van der Waals surface area contributed by atoms with Crippen LogP contribution in [0.4, 0.5) is 11.4 Å². The van der Waals surface area contributed by atoms with Gasteiger partial charge < -0.3 is 0 Å². The van der Waals surface area contributed by atoms with E-state index in [0.717, 1.165) is 42.1 Å². The van der Waals surface area contributed by atoms with Gasteiger partial charge in [-0.2, -0.15) is 0 Å². The van der Waals surface area contributed by atoms with Crippen LogP contribution < -0.4 is 0 Å². The largest absolute Gasteiger partial charge is 0.252 e. The molecule has 0 aliphatic heterocycles. The van der Waals surface area contributed by atoms with Gasteiger partial charge in [-0.1, -0.05) is 75.9 Å². The van der Waals surface area contributed by atoms with Crippen molar-refractivity contribution in [3.05, 3.63) is 60.7 Å². The van der Waals surface area contributed by atoms with Crippen molar-refractivity contribution < 1.29 is 20.4 Å². The molecule has 0 fully saturated rings. The first kappa shape index (κ1) is 23.5. The number of benzene rings is 2. The van der Waals surface area contributed by atoms with E-state index in [9.17, 15) is 0 Å². The van der Waals surface area contributed by atoms with Crippen molar-refractivity contribution in [1.29, 1.82) is 0 Å². The van der Waals surface area contributed by atoms with Gasteiger partial charge in [0.25, 0.3) is 0 Å². The second-order valence-corrected chi connectivity index (χ2v) is 6.70. The number of hydrogen-bond acceptors (Lipinski definition) is 2. The molecule has 0 radical (unpaired) electrons. The van der Waals surface area contributed by atoms with Crippen LogP contribution in [0, 0.1) is 0 Å². The summed E-state index contributed by atoms with van der Waals surface area (Å²) in [5, 5.41) is 0. The molecular formula is C24H32N2Pd. The number of hydrogen-bond donors (Lipinski definition) is 0. The standard InChI is InChI=1S/C24H32N2.Pd/c1-3-5-7-14-20-24(26-22-17-12-9-13-18-22)23(19-6-4-2)25-21-15-10-8-11-16-21;/h8-13,15-18H,3-7,14,19-20H2,1-2H3;/b25-23+,26-24+;. The minimum Gasteiger partial charge on any atom is -0.252 e. The van der Waals surface area contributed by atoms with E-state index < -0.39 is 0 Å². The summed E-state index contributed by atoms with van der Waals surface area (Å²) in [6.07, 6.45) is 9.30. The van der Waals surface area contributed by atoms with Crippen LogP contribution in [0.5, 0.6) is 0 Å². The summed E-state index contributed by atoms with van der Waals surface area (Å²) in [5.41, 5.74) is 4.35. The summed E-state index contributed by atoms with van der Waals surface area (Å²) in [6.45, 7) is 4.48. The molecule has 0 saturated carbocycles. The Morgan fingerprint density at radius 1 is 0.593 bits per heavy atom. The number of rotatable bonds is 11. The molecule has 0 heterocycles. The van der Waals surface area contributed by atoms with E-state index >= 15 is 0 Å². The van der Waals surface area contributed by atoms with E-state index in [1.807, 2.05) is 36.4 Å². The van der Waals surface area contributed by atoms with Crippen molar-refractivity contribution in [1.82, 2.24) is 0 Å². The van der Waals surface area contributed by atoms with Crippen molar-refractivity contribution in [2.24, 2.45) is 9.98 Å². The normalized spacial score (nSPS) is 11.9. The Labute approximate surface area is 178 Å². The summed E-state index contributed by atoms with van der Waals surface area (Å²) in [4.78, 5) is 9.97. The predicted molar refractivity (Wildman–Crippen MR) is 115 cm³/mol. The van der Waals surface area contributed by atoms with Gasteiger partial charge in [-0.3, -0.25) is 9.98 Å². The summed E-state index contributed by atoms with van der Waals surface area (Å²) >= 11 is 0. The van der Waals surface area contributed by atoms with Gasteiger partial charge in [-0.25, -0.2) is 0 Å². The molecule has 2 aromatic carbocycles. The average molecular weight is 455 g/mol. The van der Waals surface area contributed by atoms with Crippen LogP contribution in [0.1, 0.15) is 65.2 Å². The van der Waals surface area contributed by atoms with Crippen molar-refractivity contribution in [2.45, 2.75) is 65.2 Å². The van der Waals surface area contributed by atoms with Gasteiger partial charge in [0, 0.05) is 20.4 Å². The topological polar surface area (TPSA) is 24.7 Å². The molecule has 2 rings (SSSR count). The molecule has 0 bridgehead atoms. The van der Waals surface area contributed by atoms with Crippen molar-refractivity contribution in [3.8, 4) is 0 Å².